The Labute approximate surface area is 184 Å². The number of hydrogen-bond acceptors (Lipinski definition) is 6. The summed E-state index contributed by atoms with van der Waals surface area (Å²) in [5.41, 5.74) is 3.25. The molecule has 160 valence electrons. The first kappa shape index (κ1) is 21.0. The van der Waals surface area contributed by atoms with Gasteiger partial charge in [-0.15, -0.1) is 10.2 Å². The van der Waals surface area contributed by atoms with E-state index in [0.717, 1.165) is 16.8 Å². The second kappa shape index (κ2) is 8.87. The molecular weight excluding hydrogens is 418 g/mol. The number of aliphatic hydroxyl groups excluding tert-OH is 1. The second-order valence-corrected chi connectivity index (χ2v) is 7.54. The number of nitrogens with one attached hydrogen (secondary N) is 1. The van der Waals surface area contributed by atoms with Crippen LogP contribution in [-0.2, 0) is 4.79 Å². The molecule has 0 aliphatic carbocycles. The van der Waals surface area contributed by atoms with Gasteiger partial charge in [0.2, 0.25) is 5.91 Å². The lowest BCUT2D eigenvalue weighted by atomic mass is 10.00. The lowest BCUT2D eigenvalue weighted by molar-refractivity contribution is -0.121. The average Bonchev–Trinajstić information content (AvgIpc) is 3.10. The zero-order valence-corrected chi connectivity index (χ0v) is 17.9. The third kappa shape index (κ3) is 4.17. The van der Waals surface area contributed by atoms with Gasteiger partial charge < -0.3 is 15.2 Å². The van der Waals surface area contributed by atoms with Crippen molar-refractivity contribution < 1.29 is 14.6 Å². The van der Waals surface area contributed by atoms with Gasteiger partial charge in [0.1, 0.15) is 17.6 Å². The Morgan fingerprint density at radius 1 is 1.23 bits per heavy atom. The fraction of sp³-hybridized carbons (Fsp3) is 0.273. The Kier molecular flexibility index (Phi) is 6.01. The number of aryl methyl sites for hydroxylation is 1. The number of aromatic nitrogens is 3. The highest BCUT2D eigenvalue weighted by Crippen LogP contribution is 2.34. The summed E-state index contributed by atoms with van der Waals surface area (Å²) in [7, 11) is 1.61. The number of aliphatic imine (C=N–C) groups is 1. The van der Waals surface area contributed by atoms with E-state index in [0.29, 0.717) is 28.1 Å². The Balaban J connectivity index is 1.91. The van der Waals surface area contributed by atoms with E-state index >= 15 is 0 Å². The van der Waals surface area contributed by atoms with E-state index in [1.54, 1.807) is 19.2 Å². The van der Waals surface area contributed by atoms with Gasteiger partial charge in [-0.25, -0.2) is 0 Å². The topological polar surface area (TPSA) is 102 Å². The molecule has 0 bridgehead atoms. The Morgan fingerprint density at radius 3 is 2.71 bits per heavy atom. The van der Waals surface area contributed by atoms with Crippen molar-refractivity contribution in [3.8, 4) is 11.4 Å². The molecule has 2 heterocycles. The summed E-state index contributed by atoms with van der Waals surface area (Å²) in [4.78, 5) is 17.4. The predicted molar refractivity (Wildman–Crippen MR) is 117 cm³/mol. The number of carbonyl (C=O) groups is 1. The molecule has 0 saturated carbocycles. The van der Waals surface area contributed by atoms with Gasteiger partial charge in [0.05, 0.1) is 31.5 Å². The molecular formula is C22H22ClN5O3. The third-order valence-electron chi connectivity index (χ3n) is 5.06. The highest BCUT2D eigenvalue weighted by atomic mass is 35.5. The maximum absolute atomic E-state index is 12.5. The summed E-state index contributed by atoms with van der Waals surface area (Å²) < 4.78 is 7.38. The second-order valence-electron chi connectivity index (χ2n) is 7.10. The van der Waals surface area contributed by atoms with Crippen LogP contribution in [0.3, 0.4) is 0 Å². The molecule has 9 heteroatoms. The minimum absolute atomic E-state index is 0.0698. The van der Waals surface area contributed by atoms with Gasteiger partial charge in [-0.2, -0.15) is 0 Å². The zero-order valence-electron chi connectivity index (χ0n) is 17.2. The lowest BCUT2D eigenvalue weighted by Gasteiger charge is -2.14. The van der Waals surface area contributed by atoms with E-state index in [-0.39, 0.29) is 25.5 Å². The van der Waals surface area contributed by atoms with Crippen LogP contribution in [0.2, 0.25) is 5.02 Å². The van der Waals surface area contributed by atoms with Crippen LogP contribution in [0.15, 0.2) is 47.5 Å². The van der Waals surface area contributed by atoms with E-state index in [2.05, 4.69) is 15.5 Å². The van der Waals surface area contributed by atoms with Gasteiger partial charge in [0.25, 0.3) is 0 Å². The van der Waals surface area contributed by atoms with Gasteiger partial charge in [-0.3, -0.25) is 14.4 Å². The van der Waals surface area contributed by atoms with Crippen molar-refractivity contribution in [1.82, 2.24) is 20.1 Å². The van der Waals surface area contributed by atoms with Crippen LogP contribution in [0.25, 0.3) is 5.69 Å². The molecule has 31 heavy (non-hydrogen) atoms. The van der Waals surface area contributed by atoms with E-state index in [1.165, 1.54) is 0 Å². The van der Waals surface area contributed by atoms with Gasteiger partial charge in [0, 0.05) is 22.7 Å². The number of methoxy groups -OCH3 is 1. The number of fused-ring (bicyclic) bond motifs is 3. The number of aliphatic hydroxyl groups is 1. The number of halogens is 1. The van der Waals surface area contributed by atoms with Crippen LogP contribution in [0.5, 0.6) is 5.75 Å². The van der Waals surface area contributed by atoms with Gasteiger partial charge in [-0.05, 0) is 37.3 Å². The highest BCUT2D eigenvalue weighted by molar-refractivity contribution is 6.30. The van der Waals surface area contributed by atoms with Crippen molar-refractivity contribution in [2.24, 2.45) is 4.99 Å². The molecule has 2 aromatic carbocycles. The van der Waals surface area contributed by atoms with Crippen LogP contribution in [0.4, 0.5) is 0 Å². The fourth-order valence-corrected chi connectivity index (χ4v) is 3.75. The van der Waals surface area contributed by atoms with Crippen molar-refractivity contribution in [3.63, 3.8) is 0 Å². The monoisotopic (exact) mass is 439 g/mol. The van der Waals surface area contributed by atoms with Crippen molar-refractivity contribution in [2.45, 2.75) is 19.4 Å². The Hall–Kier alpha value is -3.23. The molecule has 1 atom stereocenters. The molecule has 4 rings (SSSR count). The number of rotatable bonds is 6. The number of carbonyl (C=O) groups excluding carboxylic acids is 1. The van der Waals surface area contributed by atoms with Crippen molar-refractivity contribution >= 4 is 23.2 Å². The van der Waals surface area contributed by atoms with E-state index in [1.807, 2.05) is 41.8 Å². The van der Waals surface area contributed by atoms with Crippen LogP contribution in [0, 0.1) is 6.92 Å². The molecule has 1 aliphatic heterocycles. The standard InChI is InChI=1S/C22H22ClN5O3/c1-13-26-27-22-18(12-20(30)24-9-10-29)25-21(14-3-5-15(23)6-4-14)17-11-16(31-2)7-8-19(17)28(13)22/h3-8,11,18,29H,9-10,12H2,1-2H3,(H,24,30)/t18-/m0/s1. The number of hydrogen-bond donors (Lipinski definition) is 2. The number of nitrogens with zero attached hydrogens (tertiary/aromatic N) is 4. The molecule has 1 aliphatic rings. The SMILES string of the molecule is COc1ccc2c(c1)C(c1ccc(Cl)cc1)=N[C@@H](CC(=O)NCCO)c1nnc(C)n1-2. The lowest BCUT2D eigenvalue weighted by Crippen LogP contribution is -2.28. The number of ether oxygens (including phenoxy) is 1. The first-order valence-electron chi connectivity index (χ1n) is 9.83. The first-order chi connectivity index (χ1) is 15.0. The summed E-state index contributed by atoms with van der Waals surface area (Å²) in [5, 5.41) is 20.9. The van der Waals surface area contributed by atoms with Crippen molar-refractivity contribution in [1.29, 1.82) is 0 Å². The van der Waals surface area contributed by atoms with E-state index in [9.17, 15) is 4.79 Å². The van der Waals surface area contributed by atoms with Crippen molar-refractivity contribution in [2.75, 3.05) is 20.3 Å². The normalized spacial score (nSPS) is 14.8. The predicted octanol–water partition coefficient (Wildman–Crippen LogP) is 2.63. The van der Waals surface area contributed by atoms with Gasteiger partial charge in [-0.1, -0.05) is 23.7 Å². The van der Waals surface area contributed by atoms with Crippen LogP contribution < -0.4 is 10.1 Å². The molecule has 1 amide bonds. The van der Waals surface area contributed by atoms with E-state index in [4.69, 9.17) is 26.4 Å². The summed E-state index contributed by atoms with van der Waals surface area (Å²) in [6.07, 6.45) is 0.0698. The quantitative estimate of drug-likeness (QED) is 0.614. The Morgan fingerprint density at radius 2 is 2.00 bits per heavy atom. The molecule has 1 aromatic heterocycles. The zero-order chi connectivity index (χ0) is 22.0. The maximum Gasteiger partial charge on any atom is 0.222 e. The van der Waals surface area contributed by atoms with Crippen LogP contribution in [0.1, 0.15) is 35.2 Å². The minimum Gasteiger partial charge on any atom is -0.497 e. The fourth-order valence-electron chi connectivity index (χ4n) is 3.62. The average molecular weight is 440 g/mol. The highest BCUT2D eigenvalue weighted by Gasteiger charge is 2.29. The molecule has 0 fully saturated rings. The molecule has 2 N–H and O–H groups in total. The summed E-state index contributed by atoms with van der Waals surface area (Å²) in [5.74, 6) is 1.72. The van der Waals surface area contributed by atoms with Crippen LogP contribution in [-0.4, -0.2) is 51.8 Å². The van der Waals surface area contributed by atoms with Crippen LogP contribution >= 0.6 is 11.6 Å². The maximum atomic E-state index is 12.5. The number of amides is 1. The summed E-state index contributed by atoms with van der Waals surface area (Å²) in [6.45, 7) is 1.92. The smallest absolute Gasteiger partial charge is 0.222 e. The minimum atomic E-state index is -0.566. The van der Waals surface area contributed by atoms with Gasteiger partial charge >= 0.3 is 0 Å². The molecule has 8 nitrogen and oxygen atoms in total. The van der Waals surface area contributed by atoms with Crippen molar-refractivity contribution in [3.05, 3.63) is 70.3 Å². The molecule has 0 spiro atoms. The van der Waals surface area contributed by atoms with Gasteiger partial charge in [0.15, 0.2) is 5.82 Å². The molecule has 0 radical (unpaired) electrons. The largest absolute Gasteiger partial charge is 0.497 e. The molecule has 0 saturated heterocycles. The number of benzene rings is 2. The first-order valence-corrected chi connectivity index (χ1v) is 10.2. The molecule has 0 unspecified atom stereocenters. The van der Waals surface area contributed by atoms with E-state index < -0.39 is 6.04 Å². The third-order valence-corrected chi connectivity index (χ3v) is 5.31. The summed E-state index contributed by atoms with van der Waals surface area (Å²) in [6, 6.07) is 12.6. The molecule has 3 aromatic rings. The Bertz CT molecular complexity index is 1140. The summed E-state index contributed by atoms with van der Waals surface area (Å²) >= 11 is 6.10.